The molecule has 3 aromatic carbocycles. The summed E-state index contributed by atoms with van der Waals surface area (Å²) in [5.74, 6) is 0.823. The highest BCUT2D eigenvalue weighted by atomic mass is 35.5. The lowest BCUT2D eigenvalue weighted by atomic mass is 10.1. The molecule has 0 bridgehead atoms. The molecule has 5 rings (SSSR count). The fourth-order valence-electron chi connectivity index (χ4n) is 4.22. The van der Waals surface area contributed by atoms with Gasteiger partial charge in [-0.25, -0.2) is 9.38 Å². The number of ether oxygens (including phenoxy) is 1. The SMILES string of the molecule is OCC(CO)S1=C2C(=C(Nc3ccc(OCc4cccc(F)c4)c(Cl)c3)N=CN2Cc2ccccc2)C=C1. The third-order valence-corrected chi connectivity index (χ3v) is 8.76. The zero-order valence-electron chi connectivity index (χ0n) is 20.4. The Balaban J connectivity index is 1.38. The Hall–Kier alpha value is -3.43. The van der Waals surface area contributed by atoms with E-state index >= 15 is 0 Å². The van der Waals surface area contributed by atoms with E-state index < -0.39 is 10.5 Å². The number of anilines is 1. The molecular formula is C29H27ClFN3O3S. The fraction of sp³-hybridized carbons (Fsp3) is 0.172. The van der Waals surface area contributed by atoms with Gasteiger partial charge < -0.3 is 25.2 Å². The van der Waals surface area contributed by atoms with Crippen LogP contribution in [0.15, 0.2) is 101 Å². The van der Waals surface area contributed by atoms with Gasteiger partial charge in [0.1, 0.15) is 24.0 Å². The molecule has 0 aromatic heterocycles. The van der Waals surface area contributed by atoms with Crippen molar-refractivity contribution in [2.24, 2.45) is 4.99 Å². The van der Waals surface area contributed by atoms with E-state index in [1.165, 1.54) is 12.1 Å². The summed E-state index contributed by atoms with van der Waals surface area (Å²) in [6.45, 7) is 0.580. The van der Waals surface area contributed by atoms with Crippen LogP contribution in [0.25, 0.3) is 0 Å². The second-order valence-electron chi connectivity index (χ2n) is 8.78. The second kappa shape index (κ2) is 12.0. The average molecular weight is 552 g/mol. The van der Waals surface area contributed by atoms with Crippen molar-refractivity contribution in [1.82, 2.24) is 4.90 Å². The van der Waals surface area contributed by atoms with Gasteiger partial charge in [-0.05, 0) is 52.9 Å². The Morgan fingerprint density at radius 1 is 1.00 bits per heavy atom. The maximum atomic E-state index is 13.4. The van der Waals surface area contributed by atoms with Gasteiger partial charge in [-0.2, -0.15) is 0 Å². The fourth-order valence-corrected chi connectivity index (χ4v) is 6.53. The first-order valence-electron chi connectivity index (χ1n) is 12.1. The highest BCUT2D eigenvalue weighted by Crippen LogP contribution is 2.38. The highest BCUT2D eigenvalue weighted by Gasteiger charge is 2.29. The van der Waals surface area contributed by atoms with Gasteiger partial charge >= 0.3 is 0 Å². The summed E-state index contributed by atoms with van der Waals surface area (Å²) in [5, 5.41) is 25.3. The van der Waals surface area contributed by atoms with Crippen LogP contribution < -0.4 is 10.1 Å². The monoisotopic (exact) mass is 551 g/mol. The van der Waals surface area contributed by atoms with Crippen molar-refractivity contribution in [2.75, 3.05) is 18.5 Å². The summed E-state index contributed by atoms with van der Waals surface area (Å²) in [5.41, 5.74) is 3.47. The molecule has 2 aliphatic rings. The lowest BCUT2D eigenvalue weighted by Crippen LogP contribution is -2.35. The zero-order chi connectivity index (χ0) is 26.5. The summed E-state index contributed by atoms with van der Waals surface area (Å²) in [4.78, 5) is 7.77. The maximum Gasteiger partial charge on any atom is 0.142 e. The predicted octanol–water partition coefficient (Wildman–Crippen LogP) is 5.51. The molecule has 9 heteroatoms. The van der Waals surface area contributed by atoms with Crippen LogP contribution in [0.2, 0.25) is 5.02 Å². The number of hydrogen-bond acceptors (Lipinski definition) is 6. The van der Waals surface area contributed by atoms with Gasteiger partial charge in [0.05, 0.1) is 34.8 Å². The van der Waals surface area contributed by atoms with Crippen molar-refractivity contribution >= 4 is 39.1 Å². The van der Waals surface area contributed by atoms with Gasteiger partial charge in [-0.3, -0.25) is 0 Å². The molecule has 0 saturated carbocycles. The summed E-state index contributed by atoms with van der Waals surface area (Å²) in [7, 11) is -0.495. The summed E-state index contributed by atoms with van der Waals surface area (Å²) < 4.78 is 19.2. The van der Waals surface area contributed by atoms with Crippen molar-refractivity contribution < 1.29 is 19.3 Å². The molecule has 0 saturated heterocycles. The third-order valence-electron chi connectivity index (χ3n) is 6.12. The van der Waals surface area contributed by atoms with Crippen molar-refractivity contribution in [3.05, 3.63) is 118 Å². The molecular weight excluding hydrogens is 525 g/mol. The van der Waals surface area contributed by atoms with Gasteiger partial charge in [0, 0.05) is 17.8 Å². The normalized spacial score (nSPS) is 16.4. The smallest absolute Gasteiger partial charge is 0.142 e. The van der Waals surface area contributed by atoms with Crippen molar-refractivity contribution in [3.63, 3.8) is 0 Å². The number of benzene rings is 3. The van der Waals surface area contributed by atoms with E-state index in [-0.39, 0.29) is 30.9 Å². The van der Waals surface area contributed by atoms with E-state index in [9.17, 15) is 14.6 Å². The first-order valence-corrected chi connectivity index (χ1v) is 13.8. The number of halogens is 2. The van der Waals surface area contributed by atoms with E-state index in [0.717, 1.165) is 21.8 Å². The molecule has 0 spiro atoms. The minimum Gasteiger partial charge on any atom is -0.487 e. The molecule has 3 N–H and O–H groups in total. The van der Waals surface area contributed by atoms with E-state index in [0.29, 0.717) is 28.7 Å². The van der Waals surface area contributed by atoms with E-state index in [1.54, 1.807) is 30.6 Å². The lowest BCUT2D eigenvalue weighted by Gasteiger charge is -2.30. The molecule has 0 radical (unpaired) electrons. The molecule has 2 heterocycles. The highest BCUT2D eigenvalue weighted by molar-refractivity contribution is 8.19. The van der Waals surface area contributed by atoms with Crippen LogP contribution in [-0.2, 0) is 13.2 Å². The van der Waals surface area contributed by atoms with Gasteiger partial charge in [0.15, 0.2) is 0 Å². The summed E-state index contributed by atoms with van der Waals surface area (Å²) in [6, 6.07) is 21.7. The lowest BCUT2D eigenvalue weighted by molar-refractivity contribution is 0.228. The van der Waals surface area contributed by atoms with Crippen LogP contribution in [0.1, 0.15) is 11.1 Å². The molecule has 0 aliphatic carbocycles. The van der Waals surface area contributed by atoms with Crippen LogP contribution in [0.5, 0.6) is 5.75 Å². The number of aliphatic hydroxyl groups excluding tert-OH is 2. The predicted molar refractivity (Wildman–Crippen MR) is 153 cm³/mol. The van der Waals surface area contributed by atoms with Gasteiger partial charge in [0.2, 0.25) is 0 Å². The van der Waals surface area contributed by atoms with Crippen LogP contribution in [0, 0.1) is 5.82 Å². The van der Waals surface area contributed by atoms with Crippen LogP contribution in [0.4, 0.5) is 10.1 Å². The minimum absolute atomic E-state index is 0.119. The number of hydrogen-bond donors (Lipinski definition) is 3. The molecule has 3 aromatic rings. The Morgan fingerprint density at radius 2 is 1.79 bits per heavy atom. The Kier molecular flexibility index (Phi) is 8.24. The first-order chi connectivity index (χ1) is 18.6. The summed E-state index contributed by atoms with van der Waals surface area (Å²) >= 11 is 6.50. The zero-order valence-corrected chi connectivity index (χ0v) is 22.0. The Bertz CT molecular complexity index is 1440. The molecule has 0 amide bonds. The molecule has 38 heavy (non-hydrogen) atoms. The standard InChI is InChI=1S/C29H27ClFN3O3S/c30-26-14-23(9-10-27(26)37-18-21-7-4-8-22(31)13-21)33-28-25-11-12-38(24(16-35)17-36)29(25)34(19-32-28)15-20-5-2-1-3-6-20/h1-14,19,24,33,35-36H,15-18H2. The molecule has 2 aliphatic heterocycles. The van der Waals surface area contributed by atoms with Crippen LogP contribution in [-0.4, -0.2) is 44.9 Å². The number of nitrogens with zero attached hydrogens (tertiary/aromatic N) is 2. The van der Waals surface area contributed by atoms with Crippen molar-refractivity contribution in [3.8, 4) is 5.75 Å². The van der Waals surface area contributed by atoms with E-state index in [1.807, 2.05) is 35.7 Å². The Labute approximate surface area is 228 Å². The molecule has 6 nitrogen and oxygen atoms in total. The average Bonchev–Trinajstić information content (AvgIpc) is 3.37. The van der Waals surface area contributed by atoms with Crippen LogP contribution >= 0.6 is 22.1 Å². The van der Waals surface area contributed by atoms with Crippen molar-refractivity contribution in [1.29, 1.82) is 0 Å². The number of nitrogens with one attached hydrogen (secondary N) is 1. The third kappa shape index (κ3) is 5.84. The van der Waals surface area contributed by atoms with Gasteiger partial charge in [-0.15, -0.1) is 10.5 Å². The number of aliphatic hydroxyl groups is 2. The first kappa shape index (κ1) is 26.2. The topological polar surface area (TPSA) is 77.3 Å². The van der Waals surface area contributed by atoms with Crippen molar-refractivity contribution in [2.45, 2.75) is 18.4 Å². The molecule has 1 atom stereocenters. The molecule has 1 unspecified atom stereocenters. The number of aliphatic imine (C=N–C) groups is 1. The second-order valence-corrected chi connectivity index (χ2v) is 11.3. The quantitative estimate of drug-likeness (QED) is 0.290. The summed E-state index contributed by atoms with van der Waals surface area (Å²) in [6.07, 6.45) is 3.77. The number of fused-ring (bicyclic) bond motifs is 1. The van der Waals surface area contributed by atoms with Gasteiger partial charge in [0.25, 0.3) is 0 Å². The van der Waals surface area contributed by atoms with E-state index in [2.05, 4.69) is 22.3 Å². The number of rotatable bonds is 10. The molecule has 196 valence electrons. The maximum absolute atomic E-state index is 13.4. The van der Waals surface area contributed by atoms with Crippen LogP contribution in [0.3, 0.4) is 0 Å². The molecule has 0 fully saturated rings. The largest absolute Gasteiger partial charge is 0.487 e. The van der Waals surface area contributed by atoms with Gasteiger partial charge in [-0.1, -0.05) is 54.1 Å². The van der Waals surface area contributed by atoms with E-state index in [4.69, 9.17) is 21.3 Å². The minimum atomic E-state index is -0.495. The Morgan fingerprint density at radius 3 is 2.53 bits per heavy atom.